The molecule has 2 rings (SSSR count). The molecule has 2 aliphatic carbocycles. The first-order valence-corrected chi connectivity index (χ1v) is 10.1. The Morgan fingerprint density at radius 3 is 2.48 bits per heavy atom. The Morgan fingerprint density at radius 1 is 1.19 bits per heavy atom. The van der Waals surface area contributed by atoms with E-state index in [4.69, 9.17) is 4.74 Å². The van der Waals surface area contributed by atoms with E-state index in [-0.39, 0.29) is 12.1 Å². The molecule has 2 saturated carbocycles. The number of hydrogen-bond acceptors (Lipinski definition) is 1. The van der Waals surface area contributed by atoms with Gasteiger partial charge in [-0.25, -0.2) is 8.78 Å². The van der Waals surface area contributed by atoms with Crippen LogP contribution in [0.5, 0.6) is 0 Å². The summed E-state index contributed by atoms with van der Waals surface area (Å²) in [6.45, 7) is 8.61. The SMILES string of the molecule is C=C\C(=C/C=C/C=C1\CC\C1=C(OCCC)\C(F)=C\F)C1CCC(C)CC1. The third-order valence-electron chi connectivity index (χ3n) is 5.49. The van der Waals surface area contributed by atoms with Crippen molar-refractivity contribution in [3.05, 3.63) is 71.6 Å². The Morgan fingerprint density at radius 2 is 1.93 bits per heavy atom. The Labute approximate surface area is 162 Å². The molecule has 0 spiro atoms. The molecule has 0 aromatic rings. The number of rotatable bonds is 8. The summed E-state index contributed by atoms with van der Waals surface area (Å²) < 4.78 is 31.9. The van der Waals surface area contributed by atoms with E-state index in [0.717, 1.165) is 29.9 Å². The second-order valence-corrected chi connectivity index (χ2v) is 7.52. The van der Waals surface area contributed by atoms with Gasteiger partial charge in [0.05, 0.1) is 6.61 Å². The Balaban J connectivity index is 2.06. The van der Waals surface area contributed by atoms with Gasteiger partial charge in [-0.2, -0.15) is 0 Å². The van der Waals surface area contributed by atoms with Gasteiger partial charge in [0, 0.05) is 5.57 Å². The highest BCUT2D eigenvalue weighted by Crippen LogP contribution is 2.38. The smallest absolute Gasteiger partial charge is 0.193 e. The molecule has 0 aliphatic heterocycles. The average molecular weight is 375 g/mol. The van der Waals surface area contributed by atoms with Crippen molar-refractivity contribution in [2.45, 2.75) is 58.8 Å². The lowest BCUT2D eigenvalue weighted by molar-refractivity contribution is 0.202. The quantitative estimate of drug-likeness (QED) is 0.313. The van der Waals surface area contributed by atoms with Gasteiger partial charge in [-0.3, -0.25) is 0 Å². The van der Waals surface area contributed by atoms with E-state index in [1.807, 2.05) is 31.2 Å². The number of ether oxygens (including phenoxy) is 1. The normalized spacial score (nSPS) is 27.6. The lowest BCUT2D eigenvalue weighted by Gasteiger charge is -2.27. The van der Waals surface area contributed by atoms with Crippen molar-refractivity contribution in [1.29, 1.82) is 0 Å². The van der Waals surface area contributed by atoms with Crippen LogP contribution < -0.4 is 0 Å². The molecule has 0 radical (unpaired) electrons. The minimum atomic E-state index is -0.923. The summed E-state index contributed by atoms with van der Waals surface area (Å²) in [6.07, 6.45) is 17.4. The predicted molar refractivity (Wildman–Crippen MR) is 109 cm³/mol. The maximum Gasteiger partial charge on any atom is 0.193 e. The van der Waals surface area contributed by atoms with E-state index in [1.165, 1.54) is 31.3 Å². The first-order chi connectivity index (χ1) is 13.1. The van der Waals surface area contributed by atoms with Crippen LogP contribution >= 0.6 is 0 Å². The van der Waals surface area contributed by atoms with Gasteiger partial charge in [0.25, 0.3) is 0 Å². The highest BCUT2D eigenvalue weighted by atomic mass is 19.2. The van der Waals surface area contributed by atoms with Crippen LogP contribution in [0.3, 0.4) is 0 Å². The van der Waals surface area contributed by atoms with Crippen molar-refractivity contribution in [3.63, 3.8) is 0 Å². The molecule has 148 valence electrons. The van der Waals surface area contributed by atoms with E-state index in [0.29, 0.717) is 18.9 Å². The number of allylic oxidation sites excluding steroid dienone is 9. The first kappa shape index (κ1) is 21.4. The van der Waals surface area contributed by atoms with Gasteiger partial charge >= 0.3 is 0 Å². The maximum absolute atomic E-state index is 13.8. The van der Waals surface area contributed by atoms with Crippen molar-refractivity contribution in [2.24, 2.45) is 11.8 Å². The Bertz CT molecular complexity index is 656. The van der Waals surface area contributed by atoms with Crippen molar-refractivity contribution >= 4 is 0 Å². The summed E-state index contributed by atoms with van der Waals surface area (Å²) in [5, 5.41) is 0. The largest absolute Gasteiger partial charge is 0.490 e. The van der Waals surface area contributed by atoms with Crippen molar-refractivity contribution in [3.8, 4) is 0 Å². The fraction of sp³-hybridized carbons (Fsp3) is 0.500. The molecule has 2 fully saturated rings. The number of hydrogen-bond donors (Lipinski definition) is 0. The van der Waals surface area contributed by atoms with E-state index < -0.39 is 5.83 Å². The van der Waals surface area contributed by atoms with E-state index >= 15 is 0 Å². The molecule has 0 unspecified atom stereocenters. The molecule has 0 amide bonds. The molecule has 0 atom stereocenters. The molecule has 1 nitrogen and oxygen atoms in total. The van der Waals surface area contributed by atoms with Crippen molar-refractivity contribution in [1.82, 2.24) is 0 Å². The first-order valence-electron chi connectivity index (χ1n) is 10.1. The van der Waals surface area contributed by atoms with Gasteiger partial charge in [0.15, 0.2) is 11.6 Å². The molecular formula is C24H32F2O. The molecule has 0 aromatic carbocycles. The molecule has 2 aliphatic rings. The third-order valence-corrected chi connectivity index (χ3v) is 5.49. The van der Waals surface area contributed by atoms with Crippen LogP contribution in [0.2, 0.25) is 0 Å². The summed E-state index contributed by atoms with van der Waals surface area (Å²) in [5.41, 5.74) is 3.07. The van der Waals surface area contributed by atoms with Crippen LogP contribution in [0.25, 0.3) is 0 Å². The highest BCUT2D eigenvalue weighted by molar-refractivity contribution is 5.47. The van der Waals surface area contributed by atoms with Crippen molar-refractivity contribution < 1.29 is 13.5 Å². The van der Waals surface area contributed by atoms with Gasteiger partial charge in [-0.1, -0.05) is 63.6 Å². The highest BCUT2D eigenvalue weighted by Gasteiger charge is 2.24. The minimum absolute atomic E-state index is 0.0199. The van der Waals surface area contributed by atoms with Crippen molar-refractivity contribution in [2.75, 3.05) is 6.61 Å². The Hall–Kier alpha value is -1.90. The van der Waals surface area contributed by atoms with Gasteiger partial charge in [0.1, 0.15) is 6.33 Å². The summed E-state index contributed by atoms with van der Waals surface area (Å²) in [6, 6.07) is 0. The van der Waals surface area contributed by atoms with E-state index in [1.54, 1.807) is 0 Å². The molecule has 0 N–H and O–H groups in total. The second-order valence-electron chi connectivity index (χ2n) is 7.52. The molecular weight excluding hydrogens is 342 g/mol. The van der Waals surface area contributed by atoms with Crippen LogP contribution in [0, 0.1) is 11.8 Å². The summed E-state index contributed by atoms with van der Waals surface area (Å²) in [4.78, 5) is 0. The fourth-order valence-electron chi connectivity index (χ4n) is 3.69. The zero-order chi connectivity index (χ0) is 19.6. The van der Waals surface area contributed by atoms with E-state index in [2.05, 4.69) is 19.6 Å². The molecule has 0 aromatic heterocycles. The van der Waals surface area contributed by atoms with Crippen LogP contribution in [0.15, 0.2) is 71.6 Å². The maximum atomic E-state index is 13.8. The van der Waals surface area contributed by atoms with Gasteiger partial charge < -0.3 is 4.74 Å². The Kier molecular flexibility index (Phi) is 8.77. The molecule has 0 heterocycles. The molecule has 0 bridgehead atoms. The third kappa shape index (κ3) is 6.05. The minimum Gasteiger partial charge on any atom is -0.490 e. The fourth-order valence-corrected chi connectivity index (χ4v) is 3.69. The van der Waals surface area contributed by atoms with Gasteiger partial charge in [-0.05, 0) is 55.1 Å². The second kappa shape index (κ2) is 11.1. The van der Waals surface area contributed by atoms with Crippen LogP contribution in [0.4, 0.5) is 8.78 Å². The summed E-state index contributed by atoms with van der Waals surface area (Å²) in [5.74, 6) is 0.574. The lowest BCUT2D eigenvalue weighted by atomic mass is 9.79. The van der Waals surface area contributed by atoms with Crippen LogP contribution in [0.1, 0.15) is 58.8 Å². The summed E-state index contributed by atoms with van der Waals surface area (Å²) in [7, 11) is 0. The van der Waals surface area contributed by atoms with E-state index in [9.17, 15) is 8.78 Å². The topological polar surface area (TPSA) is 9.23 Å². The zero-order valence-corrected chi connectivity index (χ0v) is 16.6. The molecule has 27 heavy (non-hydrogen) atoms. The predicted octanol–water partition coefficient (Wildman–Crippen LogP) is 7.66. The van der Waals surface area contributed by atoms with Gasteiger partial charge in [0.2, 0.25) is 0 Å². The van der Waals surface area contributed by atoms with Gasteiger partial charge in [-0.15, -0.1) is 0 Å². The molecule has 0 saturated heterocycles. The standard InChI is InChI=1S/C24H32F2O/c1-4-16-27-24(23(26)17-25)22-15-14-21(22)9-7-6-8-19(5-2)20-12-10-18(3)11-13-20/h5-9,17-18,20H,2,4,10-16H2,1,3H3/b7-6+,19-8+,21-9+,23-17-,24-22+. The lowest BCUT2D eigenvalue weighted by Crippen LogP contribution is -2.13. The van der Waals surface area contributed by atoms with Crippen LogP contribution in [-0.4, -0.2) is 6.61 Å². The summed E-state index contributed by atoms with van der Waals surface area (Å²) >= 11 is 0. The monoisotopic (exact) mass is 374 g/mol. The zero-order valence-electron chi connectivity index (χ0n) is 16.6. The average Bonchev–Trinajstić information content (AvgIpc) is 2.67. The van der Waals surface area contributed by atoms with Crippen LogP contribution in [-0.2, 0) is 4.74 Å². The number of halogens is 2. The molecule has 3 heteroatoms.